The van der Waals surface area contributed by atoms with Crippen LogP contribution in [0.2, 0.25) is 0 Å². The van der Waals surface area contributed by atoms with Gasteiger partial charge in [0, 0.05) is 137 Å². The summed E-state index contributed by atoms with van der Waals surface area (Å²) in [5.41, 5.74) is 2.25. The van der Waals surface area contributed by atoms with Gasteiger partial charge in [0.1, 0.15) is 30.3 Å². The van der Waals surface area contributed by atoms with Gasteiger partial charge in [-0.05, 0) is 328 Å². The summed E-state index contributed by atoms with van der Waals surface area (Å²) in [5.74, 6) is 17.0. The molecule has 13 rings (SSSR count). The summed E-state index contributed by atoms with van der Waals surface area (Å²) < 4.78 is 74.9. The predicted octanol–water partition coefficient (Wildman–Crippen LogP) is 23.5. The molecule has 9 aliphatic carbocycles. The van der Waals surface area contributed by atoms with Gasteiger partial charge in [0.2, 0.25) is 0 Å². The fraction of sp³-hybridized carbons (Fsp3) is 0.776. The monoisotopic (exact) mass is 1740 g/mol. The van der Waals surface area contributed by atoms with Crippen molar-refractivity contribution in [1.29, 1.82) is 0 Å². The lowest BCUT2D eigenvalue weighted by molar-refractivity contribution is 0.00943. The topological polar surface area (TPSA) is 190 Å². The van der Waals surface area contributed by atoms with Crippen molar-refractivity contribution in [2.75, 3.05) is 178 Å². The summed E-state index contributed by atoms with van der Waals surface area (Å²) in [4.78, 5) is 0. The molecular formula is C107H182O17. The smallest absolute Gasteiger partial charge is 0.119 e. The third kappa shape index (κ3) is 50.3. The van der Waals surface area contributed by atoms with Crippen LogP contribution in [0.1, 0.15) is 285 Å². The highest BCUT2D eigenvalue weighted by atomic mass is 16.5. The van der Waals surface area contributed by atoms with E-state index >= 15 is 0 Å². The minimum atomic E-state index is -0.591. The molecular weight excluding hydrogens is 1560 g/mol. The average molecular weight is 1740 g/mol. The van der Waals surface area contributed by atoms with Gasteiger partial charge in [-0.2, -0.15) is 0 Å². The van der Waals surface area contributed by atoms with Gasteiger partial charge in [0.05, 0.1) is 46.2 Å². The maximum absolute atomic E-state index is 9.81. The summed E-state index contributed by atoms with van der Waals surface area (Å²) in [5, 5.41) is 27.8. The first-order valence-corrected chi connectivity index (χ1v) is 50.4. The van der Waals surface area contributed by atoms with E-state index in [1.54, 1.807) is 116 Å². The summed E-state index contributed by atoms with van der Waals surface area (Å²) >= 11 is 0. The van der Waals surface area contributed by atoms with E-state index in [4.69, 9.17) is 71.4 Å². The van der Waals surface area contributed by atoms with E-state index in [1.807, 2.05) is 139 Å². The molecule has 9 saturated carbocycles. The number of para-hydroxylation sites is 2. The average Bonchev–Trinajstić information content (AvgIpc) is 1.64. The Kier molecular flexibility index (Phi) is 67.3. The number of rotatable bonds is 56. The van der Waals surface area contributed by atoms with Gasteiger partial charge in [-0.15, -0.1) is 0 Å². The number of fused-ring (bicyclic) bond motifs is 15. The van der Waals surface area contributed by atoms with E-state index in [0.29, 0.717) is 51.5 Å². The molecule has 0 aliphatic heterocycles. The van der Waals surface area contributed by atoms with Crippen molar-refractivity contribution < 1.29 is 81.6 Å². The van der Waals surface area contributed by atoms with Gasteiger partial charge in [-0.25, -0.2) is 0 Å². The second kappa shape index (κ2) is 75.5. The fourth-order valence-electron chi connectivity index (χ4n) is 20.0. The molecule has 712 valence electrons. The maximum Gasteiger partial charge on any atom is 0.119 e. The molecule has 16 atom stereocenters. The van der Waals surface area contributed by atoms with Crippen LogP contribution in [0, 0.1) is 76.9 Å². The molecule has 17 heteroatoms. The van der Waals surface area contributed by atoms with Crippen LogP contribution in [-0.4, -0.2) is 200 Å². The Morgan fingerprint density at radius 3 is 0.871 bits per heavy atom. The number of hydrogen-bond donors (Lipinski definition) is 3. The van der Waals surface area contributed by atoms with Crippen molar-refractivity contribution in [2.45, 2.75) is 279 Å². The molecule has 16 unspecified atom stereocenters. The zero-order valence-corrected chi connectivity index (χ0v) is 79.9. The van der Waals surface area contributed by atoms with Crippen LogP contribution >= 0.6 is 0 Å². The van der Waals surface area contributed by atoms with Gasteiger partial charge in [-0.3, -0.25) is 0 Å². The van der Waals surface area contributed by atoms with Crippen LogP contribution in [0.25, 0.3) is 0 Å². The van der Waals surface area contributed by atoms with Gasteiger partial charge in [0.15, 0.2) is 0 Å². The first-order valence-electron chi connectivity index (χ1n) is 50.4. The molecule has 0 spiro atoms. The first kappa shape index (κ1) is 110. The first-order chi connectivity index (χ1) is 61.0. The summed E-state index contributed by atoms with van der Waals surface area (Å²) in [6.07, 6.45) is 41.1. The van der Waals surface area contributed by atoms with E-state index in [2.05, 4.69) is 45.0 Å². The molecule has 17 nitrogen and oxygen atoms in total. The van der Waals surface area contributed by atoms with Crippen molar-refractivity contribution in [3.63, 3.8) is 0 Å². The standard InChI is InChI=1S/C16H26O3.C15H24O4.C15H24O2.C14H22O3.3C10H16.C9H20O2.C8H18O3/c1-3-17-11-7-8-12-18-13-15(2)14-19-16-9-5-4-6-10-16;1-2-17-10-6-7-11-18-12-14(16)13-19-15-8-4-3-5-9-15;1-3-16-11-7-8-12-17-13-14(2)15-9-5-4-6-10-15;1-2-16-10-6-7-11-17-12-14(15)13-8-4-3-5-9-13;3*1-2-9-7-4-5-8(6-7)10(9)3-1;1-3-7-11-9-6-5-8-10-4-2;1-2-10-6-3-4-7-11-8-5-9/h4-6,9-10,15H,3,7-8,11-14H2,1-2H3;3-5,8-9,14,16H,2,6-7,10-13H2,1H3;4-6,9-10,14H,3,7-8,11-13H2,1-2H3;3-5,8-9,14-15H,2,6-7,10-12H2,1H3;3*7-10H,1-6H2;3-9H2,1-2H3;9H,2-8H2,1H3. The molecule has 0 saturated heterocycles. The van der Waals surface area contributed by atoms with E-state index in [1.165, 1.54) is 76.6 Å². The zero-order valence-electron chi connectivity index (χ0n) is 79.9. The molecule has 124 heavy (non-hydrogen) atoms. The van der Waals surface area contributed by atoms with Crippen LogP contribution in [0.15, 0.2) is 121 Å². The molecule has 0 heterocycles. The maximum atomic E-state index is 9.81. The molecule has 4 aromatic rings. The van der Waals surface area contributed by atoms with E-state index in [0.717, 1.165) is 226 Å². The lowest BCUT2D eigenvalue weighted by Gasteiger charge is -2.23. The second-order valence-electron chi connectivity index (χ2n) is 35.7. The van der Waals surface area contributed by atoms with Crippen LogP contribution in [0.3, 0.4) is 0 Å². The Labute approximate surface area is 756 Å². The van der Waals surface area contributed by atoms with E-state index in [-0.39, 0.29) is 13.2 Å². The number of ether oxygens (including phenoxy) is 14. The number of aliphatic hydroxyl groups is 3. The SMILES string of the molecule is C1CC2C3CCC(C3)C2C1.C1CC2C3CCC(C3)C2C1.C1CC2C3CCC(C3)C2C1.CCCOCCCCOCC.CCOCCCCOCC(C)COc1ccccc1.CCOCCCCOCC(C)c1ccccc1.CCOCCCCOCC(O)COc1ccccc1.CCOCCCCOCC(O)c1ccccc1.CCOCCCCOCCO. The van der Waals surface area contributed by atoms with Crippen LogP contribution in [0.4, 0.5) is 0 Å². The highest BCUT2D eigenvalue weighted by molar-refractivity contribution is 5.22. The minimum absolute atomic E-state index is 0.117. The fourth-order valence-corrected chi connectivity index (χ4v) is 20.0. The third-order valence-corrected chi connectivity index (χ3v) is 26.2. The molecule has 9 fully saturated rings. The minimum Gasteiger partial charge on any atom is -0.493 e. The number of aliphatic hydroxyl groups excluding tert-OH is 3. The lowest BCUT2D eigenvalue weighted by atomic mass is 9.82. The van der Waals surface area contributed by atoms with Gasteiger partial charge >= 0.3 is 0 Å². The molecule has 0 radical (unpaired) electrons. The Morgan fingerprint density at radius 2 is 0.548 bits per heavy atom. The molecule has 0 aromatic heterocycles. The molecule has 6 bridgehead atoms. The Morgan fingerprint density at radius 1 is 0.274 bits per heavy atom. The number of unbranched alkanes of at least 4 members (excludes halogenated alkanes) is 6. The van der Waals surface area contributed by atoms with Crippen molar-refractivity contribution in [3.05, 3.63) is 132 Å². The quantitative estimate of drug-likeness (QED) is 0.0354. The van der Waals surface area contributed by atoms with Gasteiger partial charge in [0.25, 0.3) is 0 Å². The van der Waals surface area contributed by atoms with E-state index < -0.39 is 12.2 Å². The Hall–Kier alpha value is -4.12. The highest BCUT2D eigenvalue weighted by Gasteiger charge is 2.51. The van der Waals surface area contributed by atoms with Crippen LogP contribution < -0.4 is 9.47 Å². The van der Waals surface area contributed by atoms with Gasteiger partial charge in [-0.1, -0.05) is 137 Å². The number of benzene rings is 4. The molecule has 4 aromatic carbocycles. The zero-order chi connectivity index (χ0) is 88.6. The van der Waals surface area contributed by atoms with Crippen LogP contribution in [0.5, 0.6) is 11.5 Å². The van der Waals surface area contributed by atoms with Crippen LogP contribution in [-0.2, 0) is 56.8 Å². The van der Waals surface area contributed by atoms with E-state index in [9.17, 15) is 10.2 Å². The Balaban J connectivity index is 0.000000250. The van der Waals surface area contributed by atoms with Crippen molar-refractivity contribution in [1.82, 2.24) is 0 Å². The summed E-state index contributed by atoms with van der Waals surface area (Å²) in [6.45, 7) is 37.5. The molecule has 3 N–H and O–H groups in total. The molecule has 9 aliphatic rings. The van der Waals surface area contributed by atoms with Crippen molar-refractivity contribution in [2.24, 2.45) is 76.9 Å². The second-order valence-corrected chi connectivity index (χ2v) is 35.7. The summed E-state index contributed by atoms with van der Waals surface area (Å²) in [7, 11) is 0. The normalized spacial score (nSPS) is 23.0. The highest BCUT2D eigenvalue weighted by Crippen LogP contribution is 2.60. The van der Waals surface area contributed by atoms with Crippen molar-refractivity contribution in [3.8, 4) is 11.5 Å². The largest absolute Gasteiger partial charge is 0.493 e. The van der Waals surface area contributed by atoms with Gasteiger partial charge < -0.3 is 81.6 Å². The number of hydrogen-bond acceptors (Lipinski definition) is 17. The third-order valence-electron chi connectivity index (χ3n) is 26.2. The summed E-state index contributed by atoms with van der Waals surface area (Å²) in [6, 6.07) is 39.4. The molecule has 0 amide bonds. The predicted molar refractivity (Wildman–Crippen MR) is 507 cm³/mol. The van der Waals surface area contributed by atoms with Crippen molar-refractivity contribution >= 4 is 0 Å². The Bertz CT molecular complexity index is 2630. The lowest BCUT2D eigenvalue weighted by Crippen LogP contribution is -2.23.